The van der Waals surface area contributed by atoms with Crippen LogP contribution in [0.3, 0.4) is 0 Å². The molecular weight excluding hydrogens is 210 g/mol. The van der Waals surface area contributed by atoms with Crippen LogP contribution >= 0.6 is 0 Å². The van der Waals surface area contributed by atoms with E-state index in [0.717, 1.165) is 16.8 Å². The maximum Gasteiger partial charge on any atom is 0.101 e. The van der Waals surface area contributed by atoms with Crippen molar-refractivity contribution >= 4 is 5.69 Å². The van der Waals surface area contributed by atoms with E-state index in [1.54, 1.807) is 12.4 Å². The van der Waals surface area contributed by atoms with Crippen LogP contribution in [0.5, 0.6) is 0 Å². The Labute approximate surface area is 101 Å². The van der Waals surface area contributed by atoms with Gasteiger partial charge < -0.3 is 5.32 Å². The van der Waals surface area contributed by atoms with E-state index in [1.807, 2.05) is 37.3 Å². The van der Waals surface area contributed by atoms with E-state index >= 15 is 0 Å². The zero-order valence-electron chi connectivity index (χ0n) is 9.64. The van der Waals surface area contributed by atoms with Crippen LogP contribution < -0.4 is 5.32 Å². The van der Waals surface area contributed by atoms with E-state index in [0.29, 0.717) is 12.1 Å². The number of nitriles is 1. The molecule has 1 aromatic carbocycles. The molecule has 3 heteroatoms. The monoisotopic (exact) mass is 223 g/mol. The first-order valence-corrected chi connectivity index (χ1v) is 5.43. The molecule has 0 bridgehead atoms. The van der Waals surface area contributed by atoms with Gasteiger partial charge in [-0.1, -0.05) is 6.07 Å². The Morgan fingerprint density at radius 3 is 2.71 bits per heavy atom. The minimum atomic E-state index is 0.680. The van der Waals surface area contributed by atoms with E-state index in [9.17, 15) is 0 Å². The predicted molar refractivity (Wildman–Crippen MR) is 67.5 cm³/mol. The van der Waals surface area contributed by atoms with Crippen molar-refractivity contribution in [3.63, 3.8) is 0 Å². The molecule has 2 rings (SSSR count). The average Bonchev–Trinajstić information content (AvgIpc) is 2.38. The van der Waals surface area contributed by atoms with Crippen LogP contribution in [0.25, 0.3) is 0 Å². The van der Waals surface area contributed by atoms with Crippen molar-refractivity contribution in [2.75, 3.05) is 5.32 Å². The van der Waals surface area contributed by atoms with Crippen LogP contribution in [-0.2, 0) is 6.54 Å². The highest BCUT2D eigenvalue weighted by Crippen LogP contribution is 2.17. The van der Waals surface area contributed by atoms with Gasteiger partial charge in [0.25, 0.3) is 0 Å². The fourth-order valence-corrected chi connectivity index (χ4v) is 1.60. The van der Waals surface area contributed by atoms with E-state index in [1.165, 1.54) is 0 Å². The Hall–Kier alpha value is -2.34. The fraction of sp³-hybridized carbons (Fsp3) is 0.143. The van der Waals surface area contributed by atoms with Gasteiger partial charge in [-0.15, -0.1) is 0 Å². The number of pyridine rings is 1. The number of rotatable bonds is 3. The van der Waals surface area contributed by atoms with Crippen molar-refractivity contribution in [3.05, 3.63) is 59.4 Å². The third kappa shape index (κ3) is 2.82. The van der Waals surface area contributed by atoms with Crippen LogP contribution in [0.4, 0.5) is 5.69 Å². The third-order valence-electron chi connectivity index (χ3n) is 2.53. The van der Waals surface area contributed by atoms with Crippen LogP contribution in [0.15, 0.2) is 42.7 Å². The molecule has 1 heterocycles. The summed E-state index contributed by atoms with van der Waals surface area (Å²) in [5.74, 6) is 0. The fourth-order valence-electron chi connectivity index (χ4n) is 1.60. The zero-order valence-corrected chi connectivity index (χ0v) is 9.64. The number of aromatic nitrogens is 1. The standard InChI is InChI=1S/C14H13N3/c1-11-2-3-14(13(8-11)9-15)17-10-12-4-6-16-7-5-12/h2-8,17H,10H2,1H3. The normalized spacial score (nSPS) is 9.65. The smallest absolute Gasteiger partial charge is 0.101 e. The first kappa shape index (κ1) is 11.2. The van der Waals surface area contributed by atoms with Crippen molar-refractivity contribution in [1.29, 1.82) is 5.26 Å². The highest BCUT2D eigenvalue weighted by molar-refractivity contribution is 5.58. The molecular formula is C14H13N3. The Balaban J connectivity index is 2.12. The summed E-state index contributed by atoms with van der Waals surface area (Å²) in [5, 5.41) is 12.3. The summed E-state index contributed by atoms with van der Waals surface area (Å²) in [6, 6.07) is 11.9. The lowest BCUT2D eigenvalue weighted by molar-refractivity contribution is 1.12. The van der Waals surface area contributed by atoms with Crippen molar-refractivity contribution in [1.82, 2.24) is 4.98 Å². The molecule has 3 nitrogen and oxygen atoms in total. The summed E-state index contributed by atoms with van der Waals surface area (Å²) in [4.78, 5) is 3.97. The topological polar surface area (TPSA) is 48.7 Å². The first-order valence-electron chi connectivity index (χ1n) is 5.43. The van der Waals surface area contributed by atoms with Gasteiger partial charge in [-0.05, 0) is 42.3 Å². The molecule has 84 valence electrons. The second-order valence-electron chi connectivity index (χ2n) is 3.87. The van der Waals surface area contributed by atoms with Gasteiger partial charge in [0.2, 0.25) is 0 Å². The quantitative estimate of drug-likeness (QED) is 0.870. The average molecular weight is 223 g/mol. The molecule has 0 atom stereocenters. The lowest BCUT2D eigenvalue weighted by Crippen LogP contribution is -2.01. The lowest BCUT2D eigenvalue weighted by atomic mass is 10.1. The summed E-state index contributed by atoms with van der Waals surface area (Å²) in [5.41, 5.74) is 3.79. The largest absolute Gasteiger partial charge is 0.380 e. The maximum absolute atomic E-state index is 9.04. The van der Waals surface area contributed by atoms with Crippen LogP contribution in [-0.4, -0.2) is 4.98 Å². The molecule has 0 saturated heterocycles. The second-order valence-corrected chi connectivity index (χ2v) is 3.87. The number of benzene rings is 1. The van der Waals surface area contributed by atoms with Crippen LogP contribution in [0.1, 0.15) is 16.7 Å². The second kappa shape index (κ2) is 5.13. The highest BCUT2D eigenvalue weighted by Gasteiger charge is 2.01. The summed E-state index contributed by atoms with van der Waals surface area (Å²) in [6.45, 7) is 2.67. The van der Waals surface area contributed by atoms with E-state index in [-0.39, 0.29) is 0 Å². The van der Waals surface area contributed by atoms with Gasteiger partial charge in [-0.2, -0.15) is 5.26 Å². The van der Waals surface area contributed by atoms with Crippen molar-refractivity contribution in [2.24, 2.45) is 0 Å². The molecule has 1 aromatic heterocycles. The molecule has 0 aliphatic rings. The number of hydrogen-bond acceptors (Lipinski definition) is 3. The molecule has 0 spiro atoms. The molecule has 17 heavy (non-hydrogen) atoms. The molecule has 0 saturated carbocycles. The van der Waals surface area contributed by atoms with Crippen molar-refractivity contribution < 1.29 is 0 Å². The van der Waals surface area contributed by atoms with Crippen LogP contribution in [0.2, 0.25) is 0 Å². The Morgan fingerprint density at radius 2 is 2.00 bits per heavy atom. The molecule has 0 radical (unpaired) electrons. The summed E-state index contributed by atoms with van der Waals surface area (Å²) in [7, 11) is 0. The first-order chi connectivity index (χ1) is 8.29. The minimum absolute atomic E-state index is 0.680. The number of nitrogens with zero attached hydrogens (tertiary/aromatic N) is 2. The third-order valence-corrected chi connectivity index (χ3v) is 2.53. The maximum atomic E-state index is 9.04. The summed E-state index contributed by atoms with van der Waals surface area (Å²) in [6.07, 6.45) is 3.52. The number of hydrogen-bond donors (Lipinski definition) is 1. The number of aryl methyl sites for hydroxylation is 1. The molecule has 1 N–H and O–H groups in total. The van der Waals surface area contributed by atoms with E-state index in [4.69, 9.17) is 5.26 Å². The van der Waals surface area contributed by atoms with Crippen LogP contribution in [0, 0.1) is 18.3 Å². The SMILES string of the molecule is Cc1ccc(NCc2ccncc2)c(C#N)c1. The van der Waals surface area contributed by atoms with Gasteiger partial charge in [0.15, 0.2) is 0 Å². The Morgan fingerprint density at radius 1 is 1.24 bits per heavy atom. The number of nitrogens with one attached hydrogen (secondary N) is 1. The number of anilines is 1. The molecule has 0 aliphatic heterocycles. The van der Waals surface area contributed by atoms with Crippen molar-refractivity contribution in [2.45, 2.75) is 13.5 Å². The molecule has 0 fully saturated rings. The zero-order chi connectivity index (χ0) is 12.1. The highest BCUT2D eigenvalue weighted by atomic mass is 14.9. The molecule has 2 aromatic rings. The summed E-state index contributed by atoms with van der Waals surface area (Å²) >= 11 is 0. The van der Waals surface area contributed by atoms with E-state index < -0.39 is 0 Å². The van der Waals surface area contributed by atoms with Gasteiger partial charge in [-0.25, -0.2) is 0 Å². The van der Waals surface area contributed by atoms with Gasteiger partial charge in [0.1, 0.15) is 6.07 Å². The van der Waals surface area contributed by atoms with Gasteiger partial charge in [-0.3, -0.25) is 4.98 Å². The lowest BCUT2D eigenvalue weighted by Gasteiger charge is -2.08. The van der Waals surface area contributed by atoms with E-state index in [2.05, 4.69) is 16.4 Å². The molecule has 0 unspecified atom stereocenters. The van der Waals surface area contributed by atoms with Gasteiger partial charge in [0, 0.05) is 18.9 Å². The summed E-state index contributed by atoms with van der Waals surface area (Å²) < 4.78 is 0. The minimum Gasteiger partial charge on any atom is -0.380 e. The predicted octanol–water partition coefficient (Wildman–Crippen LogP) is 2.87. The Kier molecular flexibility index (Phi) is 3.37. The molecule has 0 amide bonds. The molecule has 0 aliphatic carbocycles. The Bertz CT molecular complexity index is 541. The van der Waals surface area contributed by atoms with Gasteiger partial charge in [0.05, 0.1) is 11.3 Å². The van der Waals surface area contributed by atoms with Gasteiger partial charge >= 0.3 is 0 Å². The van der Waals surface area contributed by atoms with Crippen molar-refractivity contribution in [3.8, 4) is 6.07 Å².